The molecule has 1 saturated heterocycles. The van der Waals surface area contributed by atoms with Crippen LogP contribution in [0.3, 0.4) is 0 Å². The van der Waals surface area contributed by atoms with Gasteiger partial charge in [-0.1, -0.05) is 36.8 Å². The van der Waals surface area contributed by atoms with Crippen LogP contribution in [0.4, 0.5) is 0 Å². The summed E-state index contributed by atoms with van der Waals surface area (Å²) in [5.74, 6) is 0.0850. The lowest BCUT2D eigenvalue weighted by Gasteiger charge is -2.38. The summed E-state index contributed by atoms with van der Waals surface area (Å²) >= 11 is 0. The molecule has 0 spiro atoms. The maximum Gasteiger partial charge on any atom is 0.238 e. The second-order valence-corrected chi connectivity index (χ2v) is 5.23. The van der Waals surface area contributed by atoms with E-state index in [0.29, 0.717) is 18.5 Å². The Morgan fingerprint density at radius 2 is 1.83 bits per heavy atom. The number of amides is 1. The Hall–Kier alpha value is -1.35. The molecule has 1 heterocycles. The minimum absolute atomic E-state index is 0.0850. The van der Waals surface area contributed by atoms with E-state index in [1.54, 1.807) is 0 Å². The van der Waals surface area contributed by atoms with Gasteiger partial charge in [-0.05, 0) is 32.3 Å². The van der Waals surface area contributed by atoms with Crippen molar-refractivity contribution >= 4 is 5.91 Å². The third-order valence-corrected chi connectivity index (χ3v) is 3.65. The molecule has 2 atom stereocenters. The first-order chi connectivity index (χ1) is 8.66. The maximum absolute atomic E-state index is 12.0. The number of benzene rings is 1. The van der Waals surface area contributed by atoms with E-state index in [-0.39, 0.29) is 5.91 Å². The van der Waals surface area contributed by atoms with Crippen LogP contribution in [0.15, 0.2) is 30.3 Å². The molecule has 0 aliphatic carbocycles. The molecule has 98 valence electrons. The number of hydrazine groups is 1. The van der Waals surface area contributed by atoms with Crippen molar-refractivity contribution in [2.24, 2.45) is 0 Å². The van der Waals surface area contributed by atoms with Crippen molar-refractivity contribution in [3.8, 4) is 0 Å². The Morgan fingerprint density at radius 1 is 1.22 bits per heavy atom. The van der Waals surface area contributed by atoms with E-state index < -0.39 is 0 Å². The smallest absolute Gasteiger partial charge is 0.238 e. The Bertz CT molecular complexity index is 381. The lowest BCUT2D eigenvalue weighted by atomic mass is 10.00. The molecule has 0 radical (unpaired) electrons. The normalized spacial score (nSPS) is 24.8. The molecule has 0 saturated carbocycles. The summed E-state index contributed by atoms with van der Waals surface area (Å²) in [6.45, 7) is 4.36. The lowest BCUT2D eigenvalue weighted by Crippen LogP contribution is -2.54. The molecule has 0 aromatic heterocycles. The van der Waals surface area contributed by atoms with Crippen LogP contribution >= 0.6 is 0 Å². The van der Waals surface area contributed by atoms with Crippen LogP contribution in [-0.4, -0.2) is 23.0 Å². The van der Waals surface area contributed by atoms with Gasteiger partial charge >= 0.3 is 0 Å². The van der Waals surface area contributed by atoms with Crippen molar-refractivity contribution in [1.29, 1.82) is 0 Å². The third kappa shape index (κ3) is 3.33. The minimum Gasteiger partial charge on any atom is -0.288 e. The predicted octanol–water partition coefficient (Wildman–Crippen LogP) is 2.52. The summed E-state index contributed by atoms with van der Waals surface area (Å²) in [5.41, 5.74) is 4.12. The number of nitrogens with one attached hydrogen (secondary N) is 1. The van der Waals surface area contributed by atoms with Gasteiger partial charge in [0.25, 0.3) is 0 Å². The highest BCUT2D eigenvalue weighted by molar-refractivity contribution is 5.78. The van der Waals surface area contributed by atoms with Crippen LogP contribution in [0.2, 0.25) is 0 Å². The van der Waals surface area contributed by atoms with Crippen LogP contribution in [0, 0.1) is 0 Å². The molecule has 3 nitrogen and oxygen atoms in total. The molecule has 3 heteroatoms. The number of rotatable bonds is 3. The second-order valence-electron chi connectivity index (χ2n) is 5.23. The molecule has 0 bridgehead atoms. The quantitative estimate of drug-likeness (QED) is 0.889. The molecule has 1 fully saturated rings. The number of carbonyl (C=O) groups is 1. The van der Waals surface area contributed by atoms with Gasteiger partial charge in [0.2, 0.25) is 5.91 Å². The standard InChI is InChI=1S/C15H22N2O/c1-12-7-6-8-13(2)17(12)16-15(18)11-14-9-4-3-5-10-14/h3-5,9-10,12-13H,6-8,11H2,1-2H3,(H,16,18)/t12-,13-/m0/s1. The van der Waals surface area contributed by atoms with Gasteiger partial charge in [0.1, 0.15) is 0 Å². The largest absolute Gasteiger partial charge is 0.288 e. The Morgan fingerprint density at radius 3 is 2.44 bits per heavy atom. The first-order valence-corrected chi connectivity index (χ1v) is 6.78. The summed E-state index contributed by atoms with van der Waals surface area (Å²) in [5, 5.41) is 2.12. The number of piperidine rings is 1. The van der Waals surface area contributed by atoms with Crippen LogP contribution in [0.25, 0.3) is 0 Å². The molecular formula is C15H22N2O. The predicted molar refractivity (Wildman–Crippen MR) is 72.9 cm³/mol. The fourth-order valence-electron chi connectivity index (χ4n) is 2.61. The van der Waals surface area contributed by atoms with Gasteiger partial charge in [0.05, 0.1) is 6.42 Å². The van der Waals surface area contributed by atoms with E-state index in [1.807, 2.05) is 30.3 Å². The molecule has 1 aliphatic heterocycles. The Balaban J connectivity index is 1.90. The van der Waals surface area contributed by atoms with Crippen molar-refractivity contribution in [2.45, 2.75) is 51.6 Å². The van der Waals surface area contributed by atoms with E-state index in [4.69, 9.17) is 0 Å². The first kappa shape index (κ1) is 13.1. The number of carbonyl (C=O) groups excluding carboxylic acids is 1. The molecule has 1 aromatic carbocycles. The highest BCUT2D eigenvalue weighted by atomic mass is 16.2. The van der Waals surface area contributed by atoms with Crippen molar-refractivity contribution in [3.05, 3.63) is 35.9 Å². The van der Waals surface area contributed by atoms with Gasteiger partial charge in [-0.15, -0.1) is 0 Å². The zero-order valence-electron chi connectivity index (χ0n) is 11.2. The van der Waals surface area contributed by atoms with Crippen molar-refractivity contribution in [1.82, 2.24) is 10.4 Å². The summed E-state index contributed by atoms with van der Waals surface area (Å²) in [4.78, 5) is 12.0. The van der Waals surface area contributed by atoms with E-state index >= 15 is 0 Å². The van der Waals surface area contributed by atoms with E-state index in [0.717, 1.165) is 18.4 Å². The zero-order valence-corrected chi connectivity index (χ0v) is 11.2. The topological polar surface area (TPSA) is 32.3 Å². The molecule has 1 N–H and O–H groups in total. The number of nitrogens with zero attached hydrogens (tertiary/aromatic N) is 1. The average molecular weight is 246 g/mol. The maximum atomic E-state index is 12.0. The summed E-state index contributed by atoms with van der Waals surface area (Å²) < 4.78 is 0. The molecule has 2 rings (SSSR count). The van der Waals surface area contributed by atoms with Crippen LogP contribution < -0.4 is 5.43 Å². The zero-order chi connectivity index (χ0) is 13.0. The first-order valence-electron chi connectivity index (χ1n) is 6.78. The van der Waals surface area contributed by atoms with Crippen LogP contribution in [-0.2, 0) is 11.2 Å². The van der Waals surface area contributed by atoms with Crippen molar-refractivity contribution in [2.75, 3.05) is 0 Å². The van der Waals surface area contributed by atoms with Crippen LogP contribution in [0.1, 0.15) is 38.7 Å². The molecule has 1 aliphatic rings. The Kier molecular flexibility index (Phi) is 4.37. The minimum atomic E-state index is 0.0850. The summed E-state index contributed by atoms with van der Waals surface area (Å²) in [7, 11) is 0. The van der Waals surface area contributed by atoms with Gasteiger partial charge < -0.3 is 0 Å². The SMILES string of the molecule is C[C@H]1CCC[C@H](C)N1NC(=O)Cc1ccccc1. The second kappa shape index (κ2) is 6.01. The highest BCUT2D eigenvalue weighted by Gasteiger charge is 2.25. The molecule has 18 heavy (non-hydrogen) atoms. The lowest BCUT2D eigenvalue weighted by molar-refractivity contribution is -0.128. The van der Waals surface area contributed by atoms with Crippen LogP contribution in [0.5, 0.6) is 0 Å². The third-order valence-electron chi connectivity index (χ3n) is 3.65. The monoisotopic (exact) mass is 246 g/mol. The highest BCUT2D eigenvalue weighted by Crippen LogP contribution is 2.20. The fraction of sp³-hybridized carbons (Fsp3) is 0.533. The molecular weight excluding hydrogens is 224 g/mol. The average Bonchev–Trinajstić information content (AvgIpc) is 2.35. The number of hydrogen-bond donors (Lipinski definition) is 1. The van der Waals surface area contributed by atoms with Gasteiger partial charge in [-0.25, -0.2) is 5.01 Å². The van der Waals surface area contributed by atoms with Gasteiger partial charge in [-0.3, -0.25) is 10.2 Å². The fourth-order valence-corrected chi connectivity index (χ4v) is 2.61. The molecule has 0 unspecified atom stereocenters. The Labute approximate surface area is 109 Å². The van der Waals surface area contributed by atoms with E-state index in [2.05, 4.69) is 24.3 Å². The van der Waals surface area contributed by atoms with Crippen molar-refractivity contribution < 1.29 is 4.79 Å². The van der Waals surface area contributed by atoms with E-state index in [9.17, 15) is 4.79 Å². The van der Waals surface area contributed by atoms with Gasteiger partial charge in [0.15, 0.2) is 0 Å². The van der Waals surface area contributed by atoms with Crippen molar-refractivity contribution in [3.63, 3.8) is 0 Å². The summed E-state index contributed by atoms with van der Waals surface area (Å²) in [6.07, 6.45) is 4.04. The van der Waals surface area contributed by atoms with Gasteiger partial charge in [-0.2, -0.15) is 0 Å². The number of hydrogen-bond acceptors (Lipinski definition) is 2. The summed E-state index contributed by atoms with van der Waals surface area (Å²) in [6, 6.07) is 10.8. The van der Waals surface area contributed by atoms with E-state index in [1.165, 1.54) is 6.42 Å². The molecule has 1 amide bonds. The van der Waals surface area contributed by atoms with Gasteiger partial charge in [0, 0.05) is 12.1 Å². The molecule has 1 aromatic rings.